The van der Waals surface area contributed by atoms with Gasteiger partial charge in [0.25, 0.3) is 0 Å². The van der Waals surface area contributed by atoms with Gasteiger partial charge >= 0.3 is 0 Å². The van der Waals surface area contributed by atoms with Crippen molar-refractivity contribution in [2.75, 3.05) is 6.54 Å². The highest BCUT2D eigenvalue weighted by molar-refractivity contribution is 9.10. The highest BCUT2D eigenvalue weighted by Crippen LogP contribution is 2.32. The zero-order valence-corrected chi connectivity index (χ0v) is 11.3. The molecule has 0 bridgehead atoms. The van der Waals surface area contributed by atoms with E-state index in [-0.39, 0.29) is 5.82 Å². The van der Waals surface area contributed by atoms with Gasteiger partial charge in [-0.25, -0.2) is 4.39 Å². The summed E-state index contributed by atoms with van der Waals surface area (Å²) in [6.07, 6.45) is 0.451. The van der Waals surface area contributed by atoms with E-state index in [0.29, 0.717) is 30.0 Å². The molecule has 94 valence electrons. The van der Waals surface area contributed by atoms with Crippen LogP contribution >= 0.6 is 15.9 Å². The minimum absolute atomic E-state index is 0.287. The number of nitrogens with two attached hydrogens (primary N) is 1. The first-order valence-electron chi connectivity index (χ1n) is 5.62. The average Bonchev–Trinajstić information content (AvgIpc) is 2.36. The summed E-state index contributed by atoms with van der Waals surface area (Å²) in [6.45, 7) is 0.382. The summed E-state index contributed by atoms with van der Waals surface area (Å²) >= 11 is 3.39. The minimum atomic E-state index is -0.287. The highest BCUT2D eigenvalue weighted by Gasteiger charge is 2.10. The molecule has 2 aromatic rings. The van der Waals surface area contributed by atoms with E-state index in [0.717, 1.165) is 4.47 Å². The van der Waals surface area contributed by atoms with E-state index >= 15 is 0 Å². The monoisotopic (exact) mass is 309 g/mol. The van der Waals surface area contributed by atoms with Crippen LogP contribution in [-0.2, 0) is 6.42 Å². The molecule has 0 amide bonds. The molecule has 0 aromatic heterocycles. The number of hydrogen-bond acceptors (Lipinski definition) is 2. The molecule has 0 saturated carbocycles. The maximum absolute atomic E-state index is 13.7. The van der Waals surface area contributed by atoms with E-state index in [1.807, 2.05) is 24.3 Å². The van der Waals surface area contributed by atoms with Gasteiger partial charge in [0.2, 0.25) is 0 Å². The number of halogens is 2. The molecular formula is C14H13BrFNO. The van der Waals surface area contributed by atoms with Gasteiger partial charge in [0.1, 0.15) is 17.3 Å². The molecule has 0 unspecified atom stereocenters. The summed E-state index contributed by atoms with van der Waals surface area (Å²) < 4.78 is 20.3. The summed E-state index contributed by atoms with van der Waals surface area (Å²) in [6, 6.07) is 12.2. The first-order chi connectivity index (χ1) is 8.72. The molecule has 2 rings (SSSR count). The van der Waals surface area contributed by atoms with Crippen LogP contribution in [0, 0.1) is 5.82 Å². The van der Waals surface area contributed by atoms with Crippen molar-refractivity contribution >= 4 is 15.9 Å². The quantitative estimate of drug-likeness (QED) is 0.930. The van der Waals surface area contributed by atoms with Crippen molar-refractivity contribution in [3.05, 3.63) is 58.3 Å². The Labute approximate surface area is 114 Å². The summed E-state index contributed by atoms with van der Waals surface area (Å²) in [5.74, 6) is 0.874. The van der Waals surface area contributed by atoms with Crippen molar-refractivity contribution in [3.8, 4) is 11.5 Å². The lowest BCUT2D eigenvalue weighted by Crippen LogP contribution is -2.06. The molecule has 2 N–H and O–H groups in total. The Balaban J connectivity index is 2.34. The van der Waals surface area contributed by atoms with Gasteiger partial charge in [0, 0.05) is 5.56 Å². The molecule has 0 aliphatic carbocycles. The standard InChI is InChI=1S/C14H13BrFNO/c15-11-4-1-2-6-14(11)18-13-7-3-5-12(16)10(13)8-9-17/h1-7H,8-9,17H2. The third-order valence-corrected chi connectivity index (χ3v) is 3.18. The van der Waals surface area contributed by atoms with Crippen LogP contribution in [-0.4, -0.2) is 6.54 Å². The summed E-state index contributed by atoms with van der Waals surface area (Å²) in [5, 5.41) is 0. The van der Waals surface area contributed by atoms with Gasteiger partial charge in [-0.1, -0.05) is 18.2 Å². The molecule has 0 atom stereocenters. The first-order valence-corrected chi connectivity index (χ1v) is 6.41. The van der Waals surface area contributed by atoms with Gasteiger partial charge in [0.05, 0.1) is 4.47 Å². The molecule has 0 aliphatic heterocycles. The van der Waals surface area contributed by atoms with Gasteiger partial charge in [0.15, 0.2) is 0 Å². The van der Waals surface area contributed by atoms with Crippen LogP contribution in [0.25, 0.3) is 0 Å². The molecule has 0 fully saturated rings. The third-order valence-electron chi connectivity index (χ3n) is 2.53. The maximum atomic E-state index is 13.7. The molecule has 0 heterocycles. The van der Waals surface area contributed by atoms with Crippen molar-refractivity contribution in [3.63, 3.8) is 0 Å². The zero-order chi connectivity index (χ0) is 13.0. The highest BCUT2D eigenvalue weighted by atomic mass is 79.9. The molecule has 0 spiro atoms. The Morgan fingerprint density at radius 2 is 1.78 bits per heavy atom. The Kier molecular flexibility index (Phi) is 4.33. The van der Waals surface area contributed by atoms with Gasteiger partial charge in [-0.15, -0.1) is 0 Å². The van der Waals surface area contributed by atoms with Gasteiger partial charge < -0.3 is 10.5 Å². The van der Waals surface area contributed by atoms with Crippen LogP contribution in [0.3, 0.4) is 0 Å². The molecule has 18 heavy (non-hydrogen) atoms. The SMILES string of the molecule is NCCc1c(F)cccc1Oc1ccccc1Br. The number of hydrogen-bond donors (Lipinski definition) is 1. The van der Waals surface area contributed by atoms with Crippen LogP contribution in [0.15, 0.2) is 46.9 Å². The van der Waals surface area contributed by atoms with Gasteiger partial charge in [-0.05, 0) is 53.2 Å². The summed E-state index contributed by atoms with van der Waals surface area (Å²) in [5.41, 5.74) is 6.00. The average molecular weight is 310 g/mol. The van der Waals surface area contributed by atoms with Crippen molar-refractivity contribution in [1.82, 2.24) is 0 Å². The molecule has 0 saturated heterocycles. The van der Waals surface area contributed by atoms with Gasteiger partial charge in [-0.3, -0.25) is 0 Å². The lowest BCUT2D eigenvalue weighted by molar-refractivity contribution is 0.464. The maximum Gasteiger partial charge on any atom is 0.141 e. The molecule has 2 aromatic carbocycles. The van der Waals surface area contributed by atoms with Crippen molar-refractivity contribution < 1.29 is 9.13 Å². The molecule has 2 nitrogen and oxygen atoms in total. The zero-order valence-electron chi connectivity index (χ0n) is 9.70. The lowest BCUT2D eigenvalue weighted by atomic mass is 10.1. The Morgan fingerprint density at radius 1 is 1.06 bits per heavy atom. The van der Waals surface area contributed by atoms with Crippen LogP contribution in [0.5, 0.6) is 11.5 Å². The number of rotatable bonds is 4. The largest absolute Gasteiger partial charge is 0.456 e. The normalized spacial score (nSPS) is 10.4. The second-order valence-corrected chi connectivity index (χ2v) is 4.64. The predicted molar refractivity (Wildman–Crippen MR) is 73.4 cm³/mol. The second-order valence-electron chi connectivity index (χ2n) is 3.79. The van der Waals surface area contributed by atoms with Gasteiger partial charge in [-0.2, -0.15) is 0 Å². The molecule has 4 heteroatoms. The predicted octanol–water partition coefficient (Wildman–Crippen LogP) is 3.88. The fourth-order valence-electron chi connectivity index (χ4n) is 1.67. The van der Waals surface area contributed by atoms with Crippen LogP contribution < -0.4 is 10.5 Å². The first kappa shape index (κ1) is 13.1. The topological polar surface area (TPSA) is 35.2 Å². The second kappa shape index (κ2) is 5.98. The van der Waals surface area contributed by atoms with E-state index in [1.165, 1.54) is 6.07 Å². The molecular weight excluding hydrogens is 297 g/mol. The fourth-order valence-corrected chi connectivity index (χ4v) is 2.03. The van der Waals surface area contributed by atoms with E-state index in [9.17, 15) is 4.39 Å². The van der Waals surface area contributed by atoms with Crippen molar-refractivity contribution in [2.24, 2.45) is 5.73 Å². The lowest BCUT2D eigenvalue weighted by Gasteiger charge is -2.12. The van der Waals surface area contributed by atoms with Crippen LogP contribution in [0.2, 0.25) is 0 Å². The van der Waals surface area contributed by atoms with E-state index in [4.69, 9.17) is 10.5 Å². The Bertz CT molecular complexity index is 545. The number of ether oxygens (including phenoxy) is 1. The fraction of sp³-hybridized carbons (Fsp3) is 0.143. The third kappa shape index (κ3) is 2.89. The summed E-state index contributed by atoms with van der Waals surface area (Å²) in [7, 11) is 0. The van der Waals surface area contributed by atoms with Crippen LogP contribution in [0.1, 0.15) is 5.56 Å². The van der Waals surface area contributed by atoms with Crippen molar-refractivity contribution in [2.45, 2.75) is 6.42 Å². The minimum Gasteiger partial charge on any atom is -0.456 e. The number of benzene rings is 2. The summed E-state index contributed by atoms with van der Waals surface area (Å²) in [4.78, 5) is 0. The molecule has 0 radical (unpaired) electrons. The molecule has 0 aliphatic rings. The van der Waals surface area contributed by atoms with E-state index in [2.05, 4.69) is 15.9 Å². The van der Waals surface area contributed by atoms with Crippen molar-refractivity contribution in [1.29, 1.82) is 0 Å². The smallest absolute Gasteiger partial charge is 0.141 e. The Morgan fingerprint density at radius 3 is 2.50 bits per heavy atom. The van der Waals surface area contributed by atoms with E-state index in [1.54, 1.807) is 12.1 Å². The van der Waals surface area contributed by atoms with E-state index < -0.39 is 0 Å². The Hall–Kier alpha value is -1.39. The number of para-hydroxylation sites is 1. The van der Waals surface area contributed by atoms with Crippen LogP contribution in [0.4, 0.5) is 4.39 Å².